The molecule has 1 aromatic rings. The van der Waals surface area contributed by atoms with E-state index >= 15 is 0 Å². The number of rotatable bonds is 4. The summed E-state index contributed by atoms with van der Waals surface area (Å²) < 4.78 is 1.12. The topological polar surface area (TPSA) is 73.0 Å². The minimum atomic E-state index is -0.802. The van der Waals surface area contributed by atoms with E-state index in [9.17, 15) is 14.4 Å². The number of thiophene rings is 1. The van der Waals surface area contributed by atoms with Crippen molar-refractivity contribution < 1.29 is 14.4 Å². The SMILES string of the molecule is CC1CCCCC12NC(=O)N(CC(=O)N1CCN(Cc3ccc(Br)s3)CC1)C2=O. The molecule has 4 amide bonds. The first-order chi connectivity index (χ1) is 13.9. The zero-order valence-electron chi connectivity index (χ0n) is 16.7. The van der Waals surface area contributed by atoms with Gasteiger partial charge in [0.1, 0.15) is 12.1 Å². The average molecular weight is 483 g/mol. The van der Waals surface area contributed by atoms with Crippen molar-refractivity contribution in [2.75, 3.05) is 32.7 Å². The van der Waals surface area contributed by atoms with E-state index in [1.54, 1.807) is 16.2 Å². The molecule has 9 heteroatoms. The Kier molecular flexibility index (Phi) is 5.99. The molecule has 158 valence electrons. The number of hydrogen-bond donors (Lipinski definition) is 1. The van der Waals surface area contributed by atoms with Crippen LogP contribution in [-0.4, -0.2) is 70.8 Å². The second-order valence-corrected chi connectivity index (χ2v) is 10.8. The monoisotopic (exact) mass is 482 g/mol. The van der Waals surface area contributed by atoms with Crippen LogP contribution in [0.25, 0.3) is 0 Å². The number of amides is 4. The van der Waals surface area contributed by atoms with E-state index in [1.807, 2.05) is 6.92 Å². The van der Waals surface area contributed by atoms with E-state index in [1.165, 1.54) is 4.88 Å². The van der Waals surface area contributed by atoms with Crippen molar-refractivity contribution in [1.29, 1.82) is 0 Å². The van der Waals surface area contributed by atoms with Gasteiger partial charge in [-0.2, -0.15) is 0 Å². The first-order valence-electron chi connectivity index (χ1n) is 10.3. The third kappa shape index (κ3) is 4.09. The van der Waals surface area contributed by atoms with Gasteiger partial charge < -0.3 is 10.2 Å². The standard InChI is InChI=1S/C20H27BrN4O3S/c1-14-4-2-3-7-20(14)18(27)25(19(28)22-20)13-17(26)24-10-8-23(9-11-24)12-15-5-6-16(21)29-15/h5-6,14H,2-4,7-13H2,1H3,(H,22,28). The number of imide groups is 1. The molecule has 4 rings (SSSR count). The molecule has 3 aliphatic rings. The maximum Gasteiger partial charge on any atom is 0.325 e. The Morgan fingerprint density at radius 1 is 1.24 bits per heavy atom. The normalized spacial score (nSPS) is 28.3. The van der Waals surface area contributed by atoms with Gasteiger partial charge in [0.2, 0.25) is 5.91 Å². The summed E-state index contributed by atoms with van der Waals surface area (Å²) in [5.41, 5.74) is -0.802. The number of carbonyl (C=O) groups is 3. The lowest BCUT2D eigenvalue weighted by Crippen LogP contribution is -2.54. The first-order valence-corrected chi connectivity index (χ1v) is 11.9. The molecule has 0 radical (unpaired) electrons. The third-order valence-electron chi connectivity index (χ3n) is 6.53. The minimum Gasteiger partial charge on any atom is -0.339 e. The molecule has 1 spiro atoms. The van der Waals surface area contributed by atoms with Crippen LogP contribution in [0.15, 0.2) is 15.9 Å². The molecule has 2 saturated heterocycles. The predicted octanol–water partition coefficient (Wildman–Crippen LogP) is 2.66. The fraction of sp³-hybridized carbons (Fsp3) is 0.650. The Balaban J connectivity index is 1.32. The van der Waals surface area contributed by atoms with Crippen molar-refractivity contribution in [3.63, 3.8) is 0 Å². The lowest BCUT2D eigenvalue weighted by atomic mass is 9.73. The molecule has 0 aromatic carbocycles. The van der Waals surface area contributed by atoms with Crippen molar-refractivity contribution in [3.8, 4) is 0 Å². The maximum absolute atomic E-state index is 13.0. The van der Waals surface area contributed by atoms with Gasteiger partial charge in [-0.15, -0.1) is 11.3 Å². The molecule has 1 aliphatic carbocycles. The second-order valence-electron chi connectivity index (χ2n) is 8.30. The second kappa shape index (κ2) is 8.35. The number of piperazine rings is 1. The summed E-state index contributed by atoms with van der Waals surface area (Å²) in [6.45, 7) is 5.58. The zero-order chi connectivity index (χ0) is 20.6. The summed E-state index contributed by atoms with van der Waals surface area (Å²) in [6, 6.07) is 3.75. The van der Waals surface area contributed by atoms with Crippen molar-refractivity contribution in [2.45, 2.75) is 44.7 Å². The zero-order valence-corrected chi connectivity index (χ0v) is 19.1. The molecule has 2 aliphatic heterocycles. The van der Waals surface area contributed by atoms with Crippen molar-refractivity contribution >= 4 is 45.1 Å². The molecule has 7 nitrogen and oxygen atoms in total. The maximum atomic E-state index is 13.0. The quantitative estimate of drug-likeness (QED) is 0.669. The van der Waals surface area contributed by atoms with Gasteiger partial charge in [-0.05, 0) is 46.8 Å². The molecule has 3 fully saturated rings. The smallest absolute Gasteiger partial charge is 0.325 e. The van der Waals surface area contributed by atoms with Crippen molar-refractivity contribution in [3.05, 3.63) is 20.8 Å². The highest BCUT2D eigenvalue weighted by atomic mass is 79.9. The van der Waals surface area contributed by atoms with Crippen LogP contribution in [0.1, 0.15) is 37.5 Å². The van der Waals surface area contributed by atoms with Gasteiger partial charge in [-0.1, -0.05) is 19.8 Å². The Bertz CT molecular complexity index is 807. The van der Waals surface area contributed by atoms with Crippen molar-refractivity contribution in [2.24, 2.45) is 5.92 Å². The lowest BCUT2D eigenvalue weighted by molar-refractivity contribution is -0.141. The molecule has 1 saturated carbocycles. The Morgan fingerprint density at radius 3 is 2.66 bits per heavy atom. The Hall–Kier alpha value is -1.45. The average Bonchev–Trinajstić information content (AvgIpc) is 3.21. The van der Waals surface area contributed by atoms with Crippen LogP contribution >= 0.6 is 27.3 Å². The summed E-state index contributed by atoms with van der Waals surface area (Å²) >= 11 is 5.22. The van der Waals surface area contributed by atoms with Gasteiger partial charge in [-0.3, -0.25) is 19.4 Å². The van der Waals surface area contributed by atoms with Crippen LogP contribution in [0, 0.1) is 5.92 Å². The molecular formula is C20H27BrN4O3S. The fourth-order valence-electron chi connectivity index (χ4n) is 4.69. The van der Waals surface area contributed by atoms with Crippen LogP contribution in [0.2, 0.25) is 0 Å². The van der Waals surface area contributed by atoms with Gasteiger partial charge in [0.25, 0.3) is 5.91 Å². The van der Waals surface area contributed by atoms with E-state index in [-0.39, 0.29) is 24.3 Å². The first kappa shape index (κ1) is 20.8. The molecule has 1 aromatic heterocycles. The Morgan fingerprint density at radius 2 is 2.00 bits per heavy atom. The number of nitrogens with zero attached hydrogens (tertiary/aromatic N) is 3. The van der Waals surface area contributed by atoms with Crippen molar-refractivity contribution in [1.82, 2.24) is 20.0 Å². The van der Waals surface area contributed by atoms with Gasteiger partial charge >= 0.3 is 6.03 Å². The van der Waals surface area contributed by atoms with E-state index in [0.29, 0.717) is 19.5 Å². The van der Waals surface area contributed by atoms with Gasteiger partial charge in [-0.25, -0.2) is 4.79 Å². The summed E-state index contributed by atoms with van der Waals surface area (Å²) in [4.78, 5) is 44.9. The highest BCUT2D eigenvalue weighted by Crippen LogP contribution is 2.38. The summed E-state index contributed by atoms with van der Waals surface area (Å²) in [5, 5.41) is 2.92. The molecule has 29 heavy (non-hydrogen) atoms. The van der Waals surface area contributed by atoms with E-state index in [0.717, 1.165) is 47.6 Å². The minimum absolute atomic E-state index is 0.105. The molecule has 2 atom stereocenters. The molecular weight excluding hydrogens is 456 g/mol. The van der Waals surface area contributed by atoms with Crippen LogP contribution in [0.3, 0.4) is 0 Å². The van der Waals surface area contributed by atoms with E-state index < -0.39 is 11.6 Å². The Labute approximate surface area is 183 Å². The molecule has 2 unspecified atom stereocenters. The van der Waals surface area contributed by atoms with Gasteiger partial charge in [0.05, 0.1) is 3.79 Å². The van der Waals surface area contributed by atoms with Gasteiger partial charge in [0.15, 0.2) is 0 Å². The number of urea groups is 1. The lowest BCUT2D eigenvalue weighted by Gasteiger charge is -2.37. The van der Waals surface area contributed by atoms with Crippen LogP contribution in [0.4, 0.5) is 4.79 Å². The largest absolute Gasteiger partial charge is 0.339 e. The number of halogens is 1. The molecule has 3 heterocycles. The summed E-state index contributed by atoms with van der Waals surface area (Å²) in [5.74, 6) is -0.258. The predicted molar refractivity (Wildman–Crippen MR) is 114 cm³/mol. The number of carbonyl (C=O) groups excluding carboxylic acids is 3. The van der Waals surface area contributed by atoms with Crippen LogP contribution < -0.4 is 5.32 Å². The summed E-state index contributed by atoms with van der Waals surface area (Å²) in [6.07, 6.45) is 3.61. The highest BCUT2D eigenvalue weighted by Gasteiger charge is 2.55. The van der Waals surface area contributed by atoms with Crippen LogP contribution in [-0.2, 0) is 16.1 Å². The third-order valence-corrected chi connectivity index (χ3v) is 8.14. The number of hydrogen-bond acceptors (Lipinski definition) is 5. The summed E-state index contributed by atoms with van der Waals surface area (Å²) in [7, 11) is 0. The molecule has 1 N–H and O–H groups in total. The van der Waals surface area contributed by atoms with Crippen LogP contribution in [0.5, 0.6) is 0 Å². The van der Waals surface area contributed by atoms with E-state index in [4.69, 9.17) is 0 Å². The molecule has 0 bridgehead atoms. The van der Waals surface area contributed by atoms with Gasteiger partial charge in [0, 0.05) is 37.6 Å². The fourth-order valence-corrected chi connectivity index (χ4v) is 6.21. The highest BCUT2D eigenvalue weighted by molar-refractivity contribution is 9.11. The van der Waals surface area contributed by atoms with E-state index in [2.05, 4.69) is 38.3 Å². The number of nitrogens with one attached hydrogen (secondary N) is 1.